The van der Waals surface area contributed by atoms with Crippen LogP contribution >= 0.6 is 0 Å². The number of anilines is 2. The molecule has 0 unspecified atom stereocenters. The Bertz CT molecular complexity index is 1220. The highest BCUT2D eigenvalue weighted by atomic mass is 19.4. The molecule has 2 aromatic carbocycles. The fourth-order valence-electron chi connectivity index (χ4n) is 4.30. The van der Waals surface area contributed by atoms with Gasteiger partial charge in [-0.15, -0.1) is 0 Å². The fraction of sp³-hybridized carbons (Fsp3) is 0.346. The standard InChI is InChI=1S/C26H25F3N2O5/c1-16(32)36-15-25(34)31-10-2-4-17-6-8-20(14-22(17)31)30-24(33)12-18-5-3-11-35-23-13-19(26(27,28)29)7-9-21(18)23/h6-9,12-14H,2-5,10-11,15H2,1H3,(H,30,33). The molecule has 1 N–H and O–H groups in total. The third kappa shape index (κ3) is 5.87. The minimum atomic E-state index is -4.49. The second-order valence-electron chi connectivity index (χ2n) is 8.59. The topological polar surface area (TPSA) is 84.9 Å². The minimum absolute atomic E-state index is 0.0945. The number of carbonyl (C=O) groups excluding carboxylic acids is 3. The fourth-order valence-corrected chi connectivity index (χ4v) is 4.30. The van der Waals surface area contributed by atoms with Crippen LogP contribution in [0, 0.1) is 0 Å². The quantitative estimate of drug-likeness (QED) is 0.482. The molecule has 0 saturated heterocycles. The number of ether oxygens (including phenoxy) is 2. The number of nitrogens with one attached hydrogen (secondary N) is 1. The van der Waals surface area contributed by atoms with Crippen molar-refractivity contribution in [2.45, 2.75) is 38.8 Å². The number of aryl methyl sites for hydroxylation is 1. The van der Waals surface area contributed by atoms with Crippen LogP contribution in [0.3, 0.4) is 0 Å². The van der Waals surface area contributed by atoms with E-state index in [1.165, 1.54) is 24.0 Å². The predicted octanol–water partition coefficient (Wildman–Crippen LogP) is 4.74. The van der Waals surface area contributed by atoms with E-state index in [9.17, 15) is 27.6 Å². The van der Waals surface area contributed by atoms with Crippen molar-refractivity contribution >= 4 is 34.7 Å². The number of carbonyl (C=O) groups is 3. The molecule has 2 aliphatic heterocycles. The van der Waals surface area contributed by atoms with E-state index in [2.05, 4.69) is 5.32 Å². The van der Waals surface area contributed by atoms with Crippen molar-refractivity contribution in [2.75, 3.05) is 30.0 Å². The van der Waals surface area contributed by atoms with Gasteiger partial charge in [0.2, 0.25) is 5.91 Å². The molecule has 0 atom stereocenters. The van der Waals surface area contributed by atoms with Gasteiger partial charge in [0.1, 0.15) is 5.75 Å². The lowest BCUT2D eigenvalue weighted by Crippen LogP contribution is -2.38. The van der Waals surface area contributed by atoms with Gasteiger partial charge in [0.25, 0.3) is 5.91 Å². The summed E-state index contributed by atoms with van der Waals surface area (Å²) < 4.78 is 49.7. The molecule has 0 radical (unpaired) electrons. The highest BCUT2D eigenvalue weighted by Crippen LogP contribution is 2.38. The molecule has 190 valence electrons. The van der Waals surface area contributed by atoms with Crippen LogP contribution < -0.4 is 15.0 Å². The third-order valence-corrected chi connectivity index (χ3v) is 5.98. The SMILES string of the molecule is CC(=O)OCC(=O)N1CCCc2ccc(NC(=O)C=C3CCCOc4cc(C(F)(F)F)ccc43)cc21. The second-order valence-corrected chi connectivity index (χ2v) is 8.59. The molecule has 0 aromatic heterocycles. The number of amides is 2. The van der Waals surface area contributed by atoms with Gasteiger partial charge in [-0.2, -0.15) is 13.2 Å². The van der Waals surface area contributed by atoms with Gasteiger partial charge in [-0.1, -0.05) is 12.1 Å². The van der Waals surface area contributed by atoms with Gasteiger partial charge < -0.3 is 19.7 Å². The van der Waals surface area contributed by atoms with Crippen molar-refractivity contribution in [3.63, 3.8) is 0 Å². The lowest BCUT2D eigenvalue weighted by Gasteiger charge is -2.29. The van der Waals surface area contributed by atoms with Crippen LogP contribution in [0.2, 0.25) is 0 Å². The van der Waals surface area contributed by atoms with Gasteiger partial charge in [0.05, 0.1) is 12.2 Å². The highest BCUT2D eigenvalue weighted by molar-refractivity contribution is 6.05. The van der Waals surface area contributed by atoms with Crippen LogP contribution in [-0.4, -0.2) is 37.5 Å². The summed E-state index contributed by atoms with van der Waals surface area (Å²) in [5, 5.41) is 2.78. The van der Waals surface area contributed by atoms with E-state index in [4.69, 9.17) is 9.47 Å². The first kappa shape index (κ1) is 25.3. The van der Waals surface area contributed by atoms with Gasteiger partial charge in [0.15, 0.2) is 6.61 Å². The van der Waals surface area contributed by atoms with Crippen LogP contribution in [0.5, 0.6) is 5.75 Å². The maximum atomic E-state index is 13.1. The van der Waals surface area contributed by atoms with E-state index < -0.39 is 23.6 Å². The molecule has 2 aliphatic rings. The zero-order chi connectivity index (χ0) is 25.9. The lowest BCUT2D eigenvalue weighted by atomic mass is 9.98. The molecule has 0 aliphatic carbocycles. The number of hydrogen-bond donors (Lipinski definition) is 1. The number of benzene rings is 2. The molecule has 0 bridgehead atoms. The summed E-state index contributed by atoms with van der Waals surface area (Å²) in [6, 6.07) is 8.51. The molecule has 10 heteroatoms. The van der Waals surface area contributed by atoms with Crippen molar-refractivity contribution in [3.05, 3.63) is 59.2 Å². The zero-order valence-corrected chi connectivity index (χ0v) is 19.6. The molecule has 0 spiro atoms. The molecule has 2 heterocycles. The zero-order valence-electron chi connectivity index (χ0n) is 19.6. The number of fused-ring (bicyclic) bond motifs is 2. The van der Waals surface area contributed by atoms with E-state index in [0.29, 0.717) is 41.9 Å². The summed E-state index contributed by atoms with van der Waals surface area (Å²) in [6.07, 6.45) is -0.590. The van der Waals surface area contributed by atoms with Crippen LogP contribution in [0.1, 0.15) is 42.9 Å². The Morgan fingerprint density at radius 2 is 1.92 bits per heavy atom. The summed E-state index contributed by atoms with van der Waals surface area (Å²) in [5.74, 6) is -1.26. The number of alkyl halides is 3. The Labute approximate surface area is 205 Å². The molecule has 0 saturated carbocycles. The van der Waals surface area contributed by atoms with Crippen LogP contribution in [0.4, 0.5) is 24.5 Å². The van der Waals surface area contributed by atoms with Gasteiger partial charge in [0, 0.05) is 36.5 Å². The Morgan fingerprint density at radius 1 is 1.11 bits per heavy atom. The largest absolute Gasteiger partial charge is 0.493 e. The van der Waals surface area contributed by atoms with Gasteiger partial charge >= 0.3 is 12.1 Å². The summed E-state index contributed by atoms with van der Waals surface area (Å²) in [4.78, 5) is 38.0. The van der Waals surface area contributed by atoms with E-state index in [-0.39, 0.29) is 24.9 Å². The van der Waals surface area contributed by atoms with Gasteiger partial charge in [-0.25, -0.2) is 0 Å². The van der Waals surface area contributed by atoms with Crippen molar-refractivity contribution in [2.24, 2.45) is 0 Å². The maximum Gasteiger partial charge on any atom is 0.416 e. The normalized spacial score (nSPS) is 16.3. The monoisotopic (exact) mass is 502 g/mol. The van der Waals surface area contributed by atoms with E-state index in [1.807, 2.05) is 6.07 Å². The van der Waals surface area contributed by atoms with E-state index in [0.717, 1.165) is 30.5 Å². The van der Waals surface area contributed by atoms with E-state index >= 15 is 0 Å². The molecule has 7 nitrogen and oxygen atoms in total. The smallest absolute Gasteiger partial charge is 0.416 e. The van der Waals surface area contributed by atoms with E-state index in [1.54, 1.807) is 12.1 Å². The molecular weight excluding hydrogens is 477 g/mol. The van der Waals surface area contributed by atoms with Crippen LogP contribution in [0.15, 0.2) is 42.5 Å². The number of nitrogens with zero attached hydrogens (tertiary/aromatic N) is 1. The van der Waals surface area contributed by atoms with Gasteiger partial charge in [-0.05, 0) is 61.1 Å². The Kier molecular flexibility index (Phi) is 7.32. The number of allylic oxidation sites excluding steroid dienone is 1. The molecule has 4 rings (SSSR count). The van der Waals surface area contributed by atoms with Crippen molar-refractivity contribution < 1.29 is 37.0 Å². The van der Waals surface area contributed by atoms with Crippen molar-refractivity contribution in [3.8, 4) is 5.75 Å². The third-order valence-electron chi connectivity index (χ3n) is 5.98. The highest BCUT2D eigenvalue weighted by Gasteiger charge is 2.32. The van der Waals surface area contributed by atoms with Crippen molar-refractivity contribution in [1.82, 2.24) is 0 Å². The van der Waals surface area contributed by atoms with Gasteiger partial charge in [-0.3, -0.25) is 14.4 Å². The van der Waals surface area contributed by atoms with Crippen LogP contribution in [-0.2, 0) is 31.7 Å². The maximum absolute atomic E-state index is 13.1. The minimum Gasteiger partial charge on any atom is -0.493 e. The number of esters is 1. The second kappa shape index (κ2) is 10.4. The Hall–Kier alpha value is -3.82. The van der Waals surface area contributed by atoms with Crippen LogP contribution in [0.25, 0.3) is 5.57 Å². The summed E-state index contributed by atoms with van der Waals surface area (Å²) in [6.45, 7) is 1.57. The molecule has 0 fully saturated rings. The predicted molar refractivity (Wildman–Crippen MR) is 127 cm³/mol. The summed E-state index contributed by atoms with van der Waals surface area (Å²) in [5.41, 5.74) is 2.24. The molecule has 2 aromatic rings. The average molecular weight is 502 g/mol. The Balaban J connectivity index is 1.54. The average Bonchev–Trinajstić information content (AvgIpc) is 3.03. The number of hydrogen-bond acceptors (Lipinski definition) is 5. The molecular formula is C26H25F3N2O5. The lowest BCUT2D eigenvalue weighted by molar-refractivity contribution is -0.145. The Morgan fingerprint density at radius 3 is 2.67 bits per heavy atom. The molecule has 36 heavy (non-hydrogen) atoms. The summed E-state index contributed by atoms with van der Waals surface area (Å²) >= 11 is 0. The first-order chi connectivity index (χ1) is 17.1. The first-order valence-corrected chi connectivity index (χ1v) is 11.5. The first-order valence-electron chi connectivity index (χ1n) is 11.5. The molecule has 2 amide bonds. The number of rotatable bonds is 4. The number of halogens is 3. The van der Waals surface area contributed by atoms with Crippen molar-refractivity contribution in [1.29, 1.82) is 0 Å². The summed E-state index contributed by atoms with van der Waals surface area (Å²) in [7, 11) is 0.